The van der Waals surface area contributed by atoms with Gasteiger partial charge in [-0.15, -0.1) is 12.3 Å². The number of anilines is 1. The van der Waals surface area contributed by atoms with E-state index in [2.05, 4.69) is 27.4 Å². The molecular formula is C20H23N5O4. The van der Waals surface area contributed by atoms with Crippen molar-refractivity contribution in [2.45, 2.75) is 50.0 Å². The minimum absolute atomic E-state index is 0.133. The van der Waals surface area contributed by atoms with E-state index in [0.29, 0.717) is 29.8 Å². The Bertz CT molecular complexity index is 905. The molecule has 5 N–H and O–H groups in total. The zero-order valence-electron chi connectivity index (χ0n) is 15.8. The van der Waals surface area contributed by atoms with Gasteiger partial charge in [0, 0.05) is 30.6 Å². The van der Waals surface area contributed by atoms with Crippen molar-refractivity contribution in [2.75, 3.05) is 11.9 Å². The molecule has 3 aliphatic rings. The molecule has 9 heteroatoms. The third-order valence-electron chi connectivity index (χ3n) is 5.67. The fourth-order valence-electron chi connectivity index (χ4n) is 3.98. The quantitative estimate of drug-likeness (QED) is 0.247. The summed E-state index contributed by atoms with van der Waals surface area (Å²) >= 11 is 0. The fraction of sp³-hybridized carbons (Fsp3) is 0.450. The number of carbonyl (C=O) groups is 3. The van der Waals surface area contributed by atoms with Crippen molar-refractivity contribution in [3.8, 4) is 12.3 Å². The van der Waals surface area contributed by atoms with Crippen LogP contribution in [-0.4, -0.2) is 46.0 Å². The number of hydrogen-bond donors (Lipinski definition) is 5. The molecule has 0 aromatic heterocycles. The molecule has 0 saturated carbocycles. The van der Waals surface area contributed by atoms with Gasteiger partial charge in [0.2, 0.25) is 11.8 Å². The first-order chi connectivity index (χ1) is 14.0. The van der Waals surface area contributed by atoms with E-state index >= 15 is 0 Å². The Morgan fingerprint density at radius 3 is 2.76 bits per heavy atom. The first-order valence-corrected chi connectivity index (χ1v) is 9.65. The summed E-state index contributed by atoms with van der Waals surface area (Å²) in [7, 11) is 0. The Labute approximate surface area is 168 Å². The van der Waals surface area contributed by atoms with Crippen LogP contribution in [0.2, 0.25) is 0 Å². The smallest absolute Gasteiger partial charge is 0.259 e. The molecule has 3 amide bonds. The summed E-state index contributed by atoms with van der Waals surface area (Å²) in [5.74, 6) is 1.28. The van der Waals surface area contributed by atoms with Crippen molar-refractivity contribution >= 4 is 23.4 Å². The molecule has 2 atom stereocenters. The Morgan fingerprint density at radius 1 is 1.28 bits per heavy atom. The van der Waals surface area contributed by atoms with E-state index in [9.17, 15) is 19.5 Å². The lowest BCUT2D eigenvalue weighted by atomic mass is 10.0. The third kappa shape index (κ3) is 3.58. The highest BCUT2D eigenvalue weighted by Crippen LogP contribution is 2.38. The van der Waals surface area contributed by atoms with Crippen molar-refractivity contribution in [1.82, 2.24) is 21.1 Å². The first-order valence-electron chi connectivity index (χ1n) is 9.65. The van der Waals surface area contributed by atoms with Gasteiger partial charge >= 0.3 is 0 Å². The number of fused-ring (bicyclic) bond motifs is 1. The summed E-state index contributed by atoms with van der Waals surface area (Å²) in [5.41, 5.74) is 7.48. The molecule has 2 fully saturated rings. The number of hydrogen-bond acceptors (Lipinski definition) is 7. The number of imide groups is 1. The predicted octanol–water partition coefficient (Wildman–Crippen LogP) is -0.0420. The van der Waals surface area contributed by atoms with Gasteiger partial charge in [0.1, 0.15) is 6.04 Å². The topological polar surface area (TPSA) is 143 Å². The van der Waals surface area contributed by atoms with Crippen LogP contribution in [0.3, 0.4) is 0 Å². The third-order valence-corrected chi connectivity index (χ3v) is 5.67. The molecule has 3 heterocycles. The molecule has 0 spiro atoms. The maximum Gasteiger partial charge on any atom is 0.259 e. The zero-order valence-corrected chi connectivity index (χ0v) is 15.8. The van der Waals surface area contributed by atoms with E-state index in [1.165, 1.54) is 0 Å². The van der Waals surface area contributed by atoms with E-state index in [1.54, 1.807) is 18.2 Å². The van der Waals surface area contributed by atoms with Gasteiger partial charge in [-0.1, -0.05) is 12.1 Å². The molecule has 4 rings (SSSR count). The lowest BCUT2D eigenvalue weighted by Gasteiger charge is -2.31. The normalized spacial score (nSPS) is 24.7. The minimum atomic E-state index is -1.23. The van der Waals surface area contributed by atoms with E-state index in [0.717, 1.165) is 17.7 Å². The number of nitrogens with zero attached hydrogens (tertiary/aromatic N) is 1. The molecule has 9 nitrogen and oxygen atoms in total. The van der Waals surface area contributed by atoms with Gasteiger partial charge in [-0.05, 0) is 25.3 Å². The first kappa shape index (κ1) is 19.4. The number of amides is 3. The maximum absolute atomic E-state index is 13.1. The monoisotopic (exact) mass is 397 g/mol. The van der Waals surface area contributed by atoms with Crippen molar-refractivity contribution < 1.29 is 19.5 Å². The Hall–Kier alpha value is -2.93. The Kier molecular flexibility index (Phi) is 5.00. The number of piperidine rings is 1. The van der Waals surface area contributed by atoms with Crippen LogP contribution in [0.4, 0.5) is 5.69 Å². The number of hydrazine groups is 1. The molecule has 0 aliphatic carbocycles. The second kappa shape index (κ2) is 7.48. The van der Waals surface area contributed by atoms with Gasteiger partial charge in [-0.2, -0.15) is 0 Å². The van der Waals surface area contributed by atoms with Crippen LogP contribution in [-0.2, 0) is 9.59 Å². The fourth-order valence-corrected chi connectivity index (χ4v) is 3.98. The lowest BCUT2D eigenvalue weighted by molar-refractivity contribution is -0.139. The zero-order chi connectivity index (χ0) is 20.6. The number of terminal acetylenes is 1. The highest BCUT2D eigenvalue weighted by atomic mass is 16.3. The van der Waals surface area contributed by atoms with E-state index in [-0.39, 0.29) is 24.4 Å². The highest BCUT2D eigenvalue weighted by molar-refractivity contribution is 6.08. The minimum Gasteiger partial charge on any atom is -0.384 e. The largest absolute Gasteiger partial charge is 0.384 e. The second-order valence-electron chi connectivity index (χ2n) is 7.54. The van der Waals surface area contributed by atoms with E-state index in [4.69, 9.17) is 6.42 Å². The second-order valence-corrected chi connectivity index (χ2v) is 7.54. The van der Waals surface area contributed by atoms with Crippen LogP contribution >= 0.6 is 0 Å². The Morgan fingerprint density at radius 2 is 2.07 bits per heavy atom. The Balaban J connectivity index is 1.48. The number of aliphatic hydroxyl groups is 1. The molecule has 1 aromatic carbocycles. The summed E-state index contributed by atoms with van der Waals surface area (Å²) in [4.78, 5) is 37.9. The summed E-state index contributed by atoms with van der Waals surface area (Å²) < 4.78 is 0. The van der Waals surface area contributed by atoms with Gasteiger partial charge in [0.05, 0.1) is 11.2 Å². The van der Waals surface area contributed by atoms with Crippen LogP contribution in [0.25, 0.3) is 0 Å². The average Bonchev–Trinajstić information content (AvgIpc) is 3.42. The maximum atomic E-state index is 13.1. The van der Waals surface area contributed by atoms with Crippen LogP contribution in [0.15, 0.2) is 18.2 Å². The van der Waals surface area contributed by atoms with Crippen molar-refractivity contribution in [3.63, 3.8) is 0 Å². The molecule has 0 radical (unpaired) electrons. The SMILES string of the molecule is C#CCCC1(CCNc2cccc3c2C(=O)N(C2CCC(=O)NC2=O)C3O)NN1. The molecule has 0 bridgehead atoms. The van der Waals surface area contributed by atoms with Crippen LogP contribution in [0.1, 0.15) is 54.3 Å². The number of aliphatic hydroxyl groups excluding tert-OH is 1. The summed E-state index contributed by atoms with van der Waals surface area (Å²) in [6, 6.07) is 4.34. The number of nitrogens with one attached hydrogen (secondary N) is 4. The molecule has 1 aromatic rings. The van der Waals surface area contributed by atoms with E-state index in [1.807, 2.05) is 0 Å². The number of benzene rings is 1. The number of rotatable bonds is 7. The lowest BCUT2D eigenvalue weighted by Crippen LogP contribution is -2.53. The van der Waals surface area contributed by atoms with Gasteiger partial charge in [-0.25, -0.2) is 10.9 Å². The van der Waals surface area contributed by atoms with Crippen LogP contribution in [0.5, 0.6) is 0 Å². The molecular weight excluding hydrogens is 374 g/mol. The molecule has 2 saturated heterocycles. The standard InChI is InChI=1S/C20H23N5O4/c1-2-3-9-20(23-24-20)10-11-21-13-6-4-5-12-16(13)19(29)25(18(12)28)14-7-8-15(26)22-17(14)27/h1,4-6,14,18,21,23-24,28H,3,7-11H2,(H,22,26,27). The van der Waals surface area contributed by atoms with E-state index < -0.39 is 24.1 Å². The summed E-state index contributed by atoms with van der Waals surface area (Å²) in [6.07, 6.45) is 6.65. The molecule has 3 aliphatic heterocycles. The average molecular weight is 397 g/mol. The van der Waals surface area contributed by atoms with Gasteiger partial charge < -0.3 is 10.4 Å². The van der Waals surface area contributed by atoms with Crippen molar-refractivity contribution in [1.29, 1.82) is 0 Å². The molecule has 2 unspecified atom stereocenters. The predicted molar refractivity (Wildman–Crippen MR) is 104 cm³/mol. The molecule has 152 valence electrons. The number of carbonyl (C=O) groups excluding carboxylic acids is 3. The van der Waals surface area contributed by atoms with Crippen LogP contribution in [0, 0.1) is 12.3 Å². The van der Waals surface area contributed by atoms with Gasteiger partial charge in [-0.3, -0.25) is 24.6 Å². The highest BCUT2D eigenvalue weighted by Gasteiger charge is 2.45. The van der Waals surface area contributed by atoms with Gasteiger partial charge in [0.25, 0.3) is 5.91 Å². The van der Waals surface area contributed by atoms with Crippen molar-refractivity contribution in [2.24, 2.45) is 0 Å². The van der Waals surface area contributed by atoms with Crippen LogP contribution < -0.4 is 21.5 Å². The van der Waals surface area contributed by atoms with Gasteiger partial charge in [0.15, 0.2) is 6.23 Å². The summed E-state index contributed by atoms with van der Waals surface area (Å²) in [6.45, 7) is 0.586. The molecule has 29 heavy (non-hydrogen) atoms. The van der Waals surface area contributed by atoms with Crippen molar-refractivity contribution in [3.05, 3.63) is 29.3 Å². The summed E-state index contributed by atoms with van der Waals surface area (Å²) in [5, 5.41) is 16.2.